The Morgan fingerprint density at radius 2 is 2.27 bits per heavy atom. The molecule has 0 aromatic heterocycles. The summed E-state index contributed by atoms with van der Waals surface area (Å²) in [6.07, 6.45) is 1.50. The normalized spacial score (nSPS) is 18.9. The molecule has 1 unspecified atom stereocenters. The summed E-state index contributed by atoms with van der Waals surface area (Å²) in [5.41, 5.74) is 1.72. The van der Waals surface area contributed by atoms with E-state index in [9.17, 15) is 4.79 Å². The number of amides is 1. The predicted molar refractivity (Wildman–Crippen MR) is 87.1 cm³/mol. The highest BCUT2D eigenvalue weighted by atomic mass is 35.5. The molecule has 1 amide bonds. The van der Waals surface area contributed by atoms with E-state index >= 15 is 0 Å². The SMILES string of the molecule is C=C1COCC(c2ccccc2Cl)N(C(=O)OCCCC)C1. The molecule has 2 rings (SSSR count). The van der Waals surface area contributed by atoms with Crippen LogP contribution in [0, 0.1) is 0 Å². The lowest BCUT2D eigenvalue weighted by molar-refractivity contribution is 0.0685. The van der Waals surface area contributed by atoms with E-state index < -0.39 is 0 Å². The van der Waals surface area contributed by atoms with Gasteiger partial charge in [-0.15, -0.1) is 0 Å². The third-order valence-electron chi connectivity index (χ3n) is 3.57. The van der Waals surface area contributed by atoms with Crippen molar-refractivity contribution in [1.82, 2.24) is 4.90 Å². The highest BCUT2D eigenvalue weighted by Crippen LogP contribution is 2.30. The van der Waals surface area contributed by atoms with Gasteiger partial charge in [0.15, 0.2) is 0 Å². The molecular formula is C17H22ClNO3. The lowest BCUT2D eigenvalue weighted by Crippen LogP contribution is -2.37. The van der Waals surface area contributed by atoms with Gasteiger partial charge in [0.2, 0.25) is 0 Å². The average Bonchev–Trinajstić information content (AvgIpc) is 2.70. The molecule has 1 aromatic rings. The van der Waals surface area contributed by atoms with Gasteiger partial charge in [-0.05, 0) is 23.6 Å². The van der Waals surface area contributed by atoms with E-state index in [1.54, 1.807) is 4.90 Å². The molecule has 1 aromatic carbocycles. The first-order valence-corrected chi connectivity index (χ1v) is 7.93. The summed E-state index contributed by atoms with van der Waals surface area (Å²) in [6.45, 7) is 7.67. The van der Waals surface area contributed by atoms with Crippen molar-refractivity contribution in [3.8, 4) is 0 Å². The summed E-state index contributed by atoms with van der Waals surface area (Å²) in [7, 11) is 0. The van der Waals surface area contributed by atoms with Crippen LogP contribution in [0.2, 0.25) is 5.02 Å². The summed E-state index contributed by atoms with van der Waals surface area (Å²) in [6, 6.07) is 7.24. The van der Waals surface area contributed by atoms with Crippen LogP contribution in [0.4, 0.5) is 4.79 Å². The Hall–Kier alpha value is -1.52. The molecule has 1 atom stereocenters. The van der Waals surface area contributed by atoms with Crippen LogP contribution >= 0.6 is 11.6 Å². The van der Waals surface area contributed by atoms with Crippen molar-refractivity contribution in [2.45, 2.75) is 25.8 Å². The van der Waals surface area contributed by atoms with Gasteiger partial charge in [0.25, 0.3) is 0 Å². The summed E-state index contributed by atoms with van der Waals surface area (Å²) >= 11 is 6.29. The Morgan fingerprint density at radius 3 is 3.00 bits per heavy atom. The van der Waals surface area contributed by atoms with Crippen LogP contribution in [0.15, 0.2) is 36.4 Å². The Kier molecular flexibility index (Phi) is 6.28. The standard InChI is InChI=1S/C17H22ClNO3/c1-3-4-9-22-17(20)19-10-13(2)11-21-12-16(19)14-7-5-6-8-15(14)18/h5-8,16H,2-4,9-12H2,1H3. The first kappa shape index (κ1) is 16.8. The van der Waals surface area contributed by atoms with E-state index in [1.165, 1.54) is 0 Å². The number of nitrogens with zero attached hydrogens (tertiary/aromatic N) is 1. The van der Waals surface area contributed by atoms with Crippen LogP contribution in [0.25, 0.3) is 0 Å². The van der Waals surface area contributed by atoms with Crippen LogP contribution in [0.3, 0.4) is 0 Å². The van der Waals surface area contributed by atoms with Gasteiger partial charge in [0.05, 0.1) is 25.9 Å². The maximum Gasteiger partial charge on any atom is 0.410 e. The van der Waals surface area contributed by atoms with Gasteiger partial charge in [-0.1, -0.05) is 49.7 Å². The molecule has 0 radical (unpaired) electrons. The lowest BCUT2D eigenvalue weighted by Gasteiger charge is -2.29. The zero-order chi connectivity index (χ0) is 15.9. The van der Waals surface area contributed by atoms with Gasteiger partial charge in [-0.25, -0.2) is 4.79 Å². The van der Waals surface area contributed by atoms with Crippen molar-refractivity contribution in [2.24, 2.45) is 0 Å². The first-order chi connectivity index (χ1) is 10.6. The first-order valence-electron chi connectivity index (χ1n) is 7.55. The fourth-order valence-electron chi connectivity index (χ4n) is 2.38. The maximum atomic E-state index is 12.4. The molecule has 1 aliphatic heterocycles. The summed E-state index contributed by atoms with van der Waals surface area (Å²) < 4.78 is 11.0. The fourth-order valence-corrected chi connectivity index (χ4v) is 2.64. The van der Waals surface area contributed by atoms with Crippen LogP contribution in [-0.4, -0.2) is 37.4 Å². The quantitative estimate of drug-likeness (QED) is 0.615. The number of hydrogen-bond acceptors (Lipinski definition) is 3. The van der Waals surface area contributed by atoms with Gasteiger partial charge < -0.3 is 9.47 Å². The van der Waals surface area contributed by atoms with Crippen molar-refractivity contribution in [3.05, 3.63) is 47.0 Å². The molecule has 1 fully saturated rings. The molecule has 0 saturated carbocycles. The van der Waals surface area contributed by atoms with Crippen molar-refractivity contribution in [1.29, 1.82) is 0 Å². The maximum absolute atomic E-state index is 12.4. The van der Waals surface area contributed by atoms with Crippen molar-refractivity contribution >= 4 is 17.7 Å². The summed E-state index contributed by atoms with van der Waals surface area (Å²) in [5.74, 6) is 0. The van der Waals surface area contributed by atoms with E-state index in [0.29, 0.717) is 31.4 Å². The predicted octanol–water partition coefficient (Wildman–Crippen LogP) is 4.21. The topological polar surface area (TPSA) is 38.8 Å². The molecule has 0 N–H and O–H groups in total. The van der Waals surface area contributed by atoms with Gasteiger partial charge in [0.1, 0.15) is 0 Å². The Morgan fingerprint density at radius 1 is 1.50 bits per heavy atom. The minimum Gasteiger partial charge on any atom is -0.449 e. The van der Waals surface area contributed by atoms with Gasteiger partial charge in [-0.2, -0.15) is 0 Å². The van der Waals surface area contributed by atoms with Crippen molar-refractivity contribution in [3.63, 3.8) is 0 Å². The van der Waals surface area contributed by atoms with Crippen LogP contribution in [0.1, 0.15) is 31.4 Å². The monoisotopic (exact) mass is 323 g/mol. The van der Waals surface area contributed by atoms with Gasteiger partial charge >= 0.3 is 6.09 Å². The molecule has 120 valence electrons. The Bertz CT molecular complexity index is 532. The van der Waals surface area contributed by atoms with Crippen molar-refractivity contribution < 1.29 is 14.3 Å². The minimum absolute atomic E-state index is 0.262. The number of halogens is 1. The molecule has 1 heterocycles. The highest BCUT2D eigenvalue weighted by Gasteiger charge is 2.30. The van der Waals surface area contributed by atoms with E-state index in [4.69, 9.17) is 21.1 Å². The van der Waals surface area contributed by atoms with E-state index in [1.807, 2.05) is 24.3 Å². The zero-order valence-corrected chi connectivity index (χ0v) is 13.6. The van der Waals surface area contributed by atoms with Crippen LogP contribution < -0.4 is 0 Å². The molecule has 1 aliphatic rings. The van der Waals surface area contributed by atoms with E-state index in [0.717, 1.165) is 24.0 Å². The molecule has 22 heavy (non-hydrogen) atoms. The number of hydrogen-bond donors (Lipinski definition) is 0. The van der Waals surface area contributed by atoms with Crippen LogP contribution in [-0.2, 0) is 9.47 Å². The second-order valence-electron chi connectivity index (χ2n) is 5.40. The van der Waals surface area contributed by atoms with Crippen LogP contribution in [0.5, 0.6) is 0 Å². The third kappa shape index (κ3) is 4.24. The lowest BCUT2D eigenvalue weighted by atomic mass is 10.1. The average molecular weight is 324 g/mol. The molecule has 1 saturated heterocycles. The molecular weight excluding hydrogens is 302 g/mol. The largest absolute Gasteiger partial charge is 0.449 e. The molecule has 0 aliphatic carbocycles. The second-order valence-corrected chi connectivity index (χ2v) is 5.81. The van der Waals surface area contributed by atoms with Gasteiger partial charge in [0, 0.05) is 11.6 Å². The smallest absolute Gasteiger partial charge is 0.410 e. The second kappa shape index (κ2) is 8.20. The molecule has 5 heteroatoms. The third-order valence-corrected chi connectivity index (χ3v) is 3.92. The number of carbonyl (C=O) groups excluding carboxylic acids is 1. The van der Waals surface area contributed by atoms with Gasteiger partial charge in [-0.3, -0.25) is 4.90 Å². The summed E-state index contributed by atoms with van der Waals surface area (Å²) in [4.78, 5) is 14.1. The number of carbonyl (C=O) groups is 1. The molecule has 0 bridgehead atoms. The number of ether oxygens (including phenoxy) is 2. The number of benzene rings is 1. The highest BCUT2D eigenvalue weighted by molar-refractivity contribution is 6.31. The fraction of sp³-hybridized carbons (Fsp3) is 0.471. The number of rotatable bonds is 4. The van der Waals surface area contributed by atoms with E-state index in [-0.39, 0.29) is 12.1 Å². The number of unbranched alkanes of at least 4 members (excludes halogenated alkanes) is 1. The van der Waals surface area contributed by atoms with Crippen molar-refractivity contribution in [2.75, 3.05) is 26.4 Å². The molecule has 0 spiro atoms. The Balaban J connectivity index is 2.21. The Labute approximate surface area is 136 Å². The van der Waals surface area contributed by atoms with E-state index in [2.05, 4.69) is 13.5 Å². The zero-order valence-electron chi connectivity index (χ0n) is 12.9. The minimum atomic E-state index is -0.343. The molecule has 4 nitrogen and oxygen atoms in total. The summed E-state index contributed by atoms with van der Waals surface area (Å²) in [5, 5.41) is 0.620.